The Bertz CT molecular complexity index is 477. The largest absolute Gasteiger partial charge is 0.366 e. The highest BCUT2D eigenvalue weighted by Crippen LogP contribution is 2.20. The van der Waals surface area contributed by atoms with Crippen molar-refractivity contribution in [3.8, 4) is 0 Å². The fourth-order valence-corrected chi connectivity index (χ4v) is 1.79. The van der Waals surface area contributed by atoms with Crippen LogP contribution in [0.25, 0.3) is 0 Å². The molecule has 0 heterocycles. The summed E-state index contributed by atoms with van der Waals surface area (Å²) in [5, 5.41) is 2.89. The van der Waals surface area contributed by atoms with Crippen LogP contribution in [0.4, 0.5) is 5.69 Å². The number of hydrogen-bond donors (Lipinski definition) is 3. The summed E-state index contributed by atoms with van der Waals surface area (Å²) in [5.41, 5.74) is 11.6. The van der Waals surface area contributed by atoms with Crippen molar-refractivity contribution in [2.45, 2.75) is 32.2 Å². The van der Waals surface area contributed by atoms with Gasteiger partial charge in [-0.2, -0.15) is 0 Å². The fourth-order valence-electron chi connectivity index (χ4n) is 1.58. The van der Waals surface area contributed by atoms with Crippen molar-refractivity contribution < 1.29 is 9.59 Å². The first kappa shape index (κ1) is 15.5. The van der Waals surface area contributed by atoms with Crippen LogP contribution < -0.4 is 16.8 Å². The first-order valence-electron chi connectivity index (χ1n) is 6.11. The minimum absolute atomic E-state index is 0.168. The molecule has 19 heavy (non-hydrogen) atoms. The molecule has 6 heteroatoms. The third-order valence-corrected chi connectivity index (χ3v) is 3.03. The minimum Gasteiger partial charge on any atom is -0.366 e. The number of hydrogen-bond acceptors (Lipinski definition) is 3. The van der Waals surface area contributed by atoms with E-state index < -0.39 is 11.9 Å². The van der Waals surface area contributed by atoms with Gasteiger partial charge in [-0.05, 0) is 24.6 Å². The van der Waals surface area contributed by atoms with E-state index in [2.05, 4.69) is 5.32 Å². The van der Waals surface area contributed by atoms with Crippen molar-refractivity contribution in [2.75, 3.05) is 5.32 Å². The van der Waals surface area contributed by atoms with Crippen LogP contribution in [0.3, 0.4) is 0 Å². The number of benzene rings is 1. The molecule has 1 rings (SSSR count). The van der Waals surface area contributed by atoms with Crippen LogP contribution in [0.15, 0.2) is 18.2 Å². The highest BCUT2D eigenvalue weighted by molar-refractivity contribution is 6.34. The summed E-state index contributed by atoms with van der Waals surface area (Å²) < 4.78 is 0. The average Bonchev–Trinajstić information content (AvgIpc) is 2.37. The number of anilines is 1. The molecule has 5 N–H and O–H groups in total. The monoisotopic (exact) mass is 283 g/mol. The first-order valence-corrected chi connectivity index (χ1v) is 6.49. The van der Waals surface area contributed by atoms with Gasteiger partial charge in [0.1, 0.15) is 0 Å². The molecule has 0 aromatic heterocycles. The molecule has 1 unspecified atom stereocenters. The summed E-state index contributed by atoms with van der Waals surface area (Å²) >= 11 is 5.82. The van der Waals surface area contributed by atoms with Crippen molar-refractivity contribution in [1.29, 1.82) is 0 Å². The minimum atomic E-state index is -0.642. The van der Waals surface area contributed by atoms with Gasteiger partial charge >= 0.3 is 0 Å². The lowest BCUT2D eigenvalue weighted by molar-refractivity contribution is -0.117. The summed E-state index contributed by atoms with van der Waals surface area (Å²) in [5.74, 6) is -0.928. The van der Waals surface area contributed by atoms with Crippen LogP contribution in [0, 0.1) is 0 Å². The number of carbonyl (C=O) groups is 2. The van der Waals surface area contributed by atoms with Gasteiger partial charge < -0.3 is 16.8 Å². The molecule has 0 aliphatic heterocycles. The van der Waals surface area contributed by atoms with Gasteiger partial charge in [-0.25, -0.2) is 0 Å². The van der Waals surface area contributed by atoms with E-state index in [0.29, 0.717) is 12.1 Å². The molecule has 0 bridgehead atoms. The molecule has 0 saturated heterocycles. The van der Waals surface area contributed by atoms with Gasteiger partial charge in [-0.15, -0.1) is 0 Å². The number of nitrogens with one attached hydrogen (secondary N) is 1. The molecule has 5 nitrogen and oxygen atoms in total. The molecule has 0 radical (unpaired) electrons. The summed E-state index contributed by atoms with van der Waals surface area (Å²) in [7, 11) is 0. The van der Waals surface area contributed by atoms with Gasteiger partial charge in [0.2, 0.25) is 11.8 Å². The summed E-state index contributed by atoms with van der Waals surface area (Å²) in [4.78, 5) is 22.9. The van der Waals surface area contributed by atoms with E-state index in [1.807, 2.05) is 6.92 Å². The van der Waals surface area contributed by atoms with Crippen molar-refractivity contribution in [3.05, 3.63) is 28.8 Å². The third kappa shape index (κ3) is 4.54. The predicted molar refractivity (Wildman–Crippen MR) is 76.1 cm³/mol. The maximum absolute atomic E-state index is 11.8. The summed E-state index contributed by atoms with van der Waals surface area (Å²) in [6.45, 7) is 2.03. The van der Waals surface area contributed by atoms with Gasteiger partial charge in [0, 0.05) is 5.69 Å². The molecule has 0 saturated carbocycles. The van der Waals surface area contributed by atoms with Crippen molar-refractivity contribution in [3.63, 3.8) is 0 Å². The van der Waals surface area contributed by atoms with E-state index in [0.717, 1.165) is 12.8 Å². The molecule has 104 valence electrons. The Labute approximate surface area is 117 Å². The van der Waals surface area contributed by atoms with Gasteiger partial charge in [-0.1, -0.05) is 31.4 Å². The molecule has 1 aromatic rings. The lowest BCUT2D eigenvalue weighted by Gasteiger charge is -2.12. The molecule has 2 amide bonds. The standard InChI is InChI=1S/C13H18ClN3O2/c1-2-3-4-11(15)13(19)17-8-5-6-10(14)9(7-8)12(16)18/h5-7,11H,2-4,15H2,1H3,(H2,16,18)(H,17,19). The number of amides is 2. The van der Waals surface area contributed by atoms with Crippen LogP contribution >= 0.6 is 11.6 Å². The first-order chi connectivity index (χ1) is 8.95. The summed E-state index contributed by atoms with van der Waals surface area (Å²) in [6, 6.07) is 3.98. The Balaban J connectivity index is 2.74. The van der Waals surface area contributed by atoms with E-state index in [1.54, 1.807) is 6.07 Å². The fraction of sp³-hybridized carbons (Fsp3) is 0.385. The molecular formula is C13H18ClN3O2. The predicted octanol–water partition coefficient (Wildman–Crippen LogP) is 1.89. The Morgan fingerprint density at radius 3 is 2.68 bits per heavy atom. The quantitative estimate of drug-likeness (QED) is 0.743. The average molecular weight is 284 g/mol. The Kier molecular flexibility index (Phi) is 5.79. The molecule has 0 aliphatic rings. The normalized spacial score (nSPS) is 11.9. The zero-order valence-corrected chi connectivity index (χ0v) is 11.5. The topological polar surface area (TPSA) is 98.2 Å². The lowest BCUT2D eigenvalue weighted by Crippen LogP contribution is -2.35. The highest BCUT2D eigenvalue weighted by Gasteiger charge is 2.14. The van der Waals surface area contributed by atoms with E-state index in [9.17, 15) is 9.59 Å². The van der Waals surface area contributed by atoms with Crippen LogP contribution in [-0.2, 0) is 4.79 Å². The maximum atomic E-state index is 11.8. The molecule has 0 aliphatic carbocycles. The highest BCUT2D eigenvalue weighted by atomic mass is 35.5. The number of halogens is 1. The van der Waals surface area contributed by atoms with Gasteiger partial charge in [0.05, 0.1) is 16.6 Å². The smallest absolute Gasteiger partial charge is 0.250 e. The van der Waals surface area contributed by atoms with E-state index in [4.69, 9.17) is 23.1 Å². The molecular weight excluding hydrogens is 266 g/mol. The zero-order valence-electron chi connectivity index (χ0n) is 10.8. The third-order valence-electron chi connectivity index (χ3n) is 2.70. The lowest BCUT2D eigenvalue weighted by atomic mass is 10.1. The van der Waals surface area contributed by atoms with Crippen LogP contribution in [0.1, 0.15) is 36.5 Å². The SMILES string of the molecule is CCCCC(N)C(=O)Nc1ccc(Cl)c(C(N)=O)c1. The van der Waals surface area contributed by atoms with Gasteiger partial charge in [0.25, 0.3) is 0 Å². The second-order valence-corrected chi connectivity index (χ2v) is 4.70. The second-order valence-electron chi connectivity index (χ2n) is 4.30. The van der Waals surface area contributed by atoms with Gasteiger partial charge in [-0.3, -0.25) is 9.59 Å². The van der Waals surface area contributed by atoms with Crippen LogP contribution in [0.5, 0.6) is 0 Å². The molecule has 1 aromatic carbocycles. The van der Waals surface area contributed by atoms with Crippen molar-refractivity contribution >= 4 is 29.1 Å². The number of primary amides is 1. The number of unbranched alkanes of at least 4 members (excludes halogenated alkanes) is 1. The van der Waals surface area contributed by atoms with E-state index in [1.165, 1.54) is 12.1 Å². The molecule has 1 atom stereocenters. The Morgan fingerprint density at radius 1 is 1.42 bits per heavy atom. The zero-order chi connectivity index (χ0) is 14.4. The van der Waals surface area contributed by atoms with Gasteiger partial charge in [0.15, 0.2) is 0 Å². The van der Waals surface area contributed by atoms with Crippen LogP contribution in [-0.4, -0.2) is 17.9 Å². The Hall–Kier alpha value is -1.59. The van der Waals surface area contributed by atoms with Crippen molar-refractivity contribution in [1.82, 2.24) is 0 Å². The summed E-state index contributed by atoms with van der Waals surface area (Å²) in [6.07, 6.45) is 2.49. The van der Waals surface area contributed by atoms with E-state index >= 15 is 0 Å². The molecule has 0 spiro atoms. The second kappa shape index (κ2) is 7.11. The number of carbonyl (C=O) groups excluding carboxylic acids is 2. The number of rotatable bonds is 6. The molecule has 0 fully saturated rings. The van der Waals surface area contributed by atoms with E-state index in [-0.39, 0.29) is 16.5 Å². The number of nitrogens with two attached hydrogens (primary N) is 2. The maximum Gasteiger partial charge on any atom is 0.250 e. The van der Waals surface area contributed by atoms with Crippen LogP contribution in [0.2, 0.25) is 5.02 Å². The van der Waals surface area contributed by atoms with Crippen molar-refractivity contribution in [2.24, 2.45) is 11.5 Å². The Morgan fingerprint density at radius 2 is 2.11 bits per heavy atom.